The van der Waals surface area contributed by atoms with Gasteiger partial charge in [-0.25, -0.2) is 0 Å². The third-order valence-corrected chi connectivity index (χ3v) is 3.04. The van der Waals surface area contributed by atoms with Crippen molar-refractivity contribution in [2.24, 2.45) is 0 Å². The minimum absolute atomic E-state index is 0.830. The molecule has 0 saturated heterocycles. The number of ether oxygens (including phenoxy) is 1. The molecule has 1 nitrogen and oxygen atoms in total. The van der Waals surface area contributed by atoms with E-state index in [2.05, 4.69) is 43.3 Å². The number of hydrogen-bond acceptors (Lipinski definition) is 1. The molecule has 0 saturated carbocycles. The lowest BCUT2D eigenvalue weighted by molar-refractivity contribution is 0.415. The number of benzene rings is 1. The Morgan fingerprint density at radius 3 is 2.35 bits per heavy atom. The summed E-state index contributed by atoms with van der Waals surface area (Å²) in [4.78, 5) is 0. The molecule has 0 atom stereocenters. The fraction of sp³-hybridized carbons (Fsp3) is 0.333. The van der Waals surface area contributed by atoms with Gasteiger partial charge in [-0.2, -0.15) is 0 Å². The number of allylic oxidation sites excluding steroid dienone is 1. The third-order valence-electron chi connectivity index (χ3n) is 2.11. The molecule has 1 aromatic rings. The van der Waals surface area contributed by atoms with Crippen LogP contribution >= 0.6 is 0 Å². The first-order chi connectivity index (χ1) is 8.01. The summed E-state index contributed by atoms with van der Waals surface area (Å²) < 4.78 is 5.11. The molecule has 0 heterocycles. The van der Waals surface area contributed by atoms with Gasteiger partial charge in [0.15, 0.2) is 0 Å². The molecule has 17 heavy (non-hydrogen) atoms. The summed E-state index contributed by atoms with van der Waals surface area (Å²) >= 11 is 0. The van der Waals surface area contributed by atoms with Gasteiger partial charge in [-0.3, -0.25) is 0 Å². The zero-order valence-electron chi connectivity index (χ0n) is 11.1. The maximum Gasteiger partial charge on any atom is 0.129 e. The van der Waals surface area contributed by atoms with E-state index in [1.165, 1.54) is 5.56 Å². The highest BCUT2D eigenvalue weighted by molar-refractivity contribution is 6.83. The Labute approximate surface area is 106 Å². The van der Waals surface area contributed by atoms with Crippen molar-refractivity contribution in [1.29, 1.82) is 0 Å². The van der Waals surface area contributed by atoms with Crippen LogP contribution in [0.1, 0.15) is 12.0 Å². The number of methoxy groups -OCH3 is 1. The summed E-state index contributed by atoms with van der Waals surface area (Å²) in [6.07, 6.45) is 5.03. The van der Waals surface area contributed by atoms with Gasteiger partial charge in [0, 0.05) is 6.42 Å². The van der Waals surface area contributed by atoms with Gasteiger partial charge in [0.1, 0.15) is 13.8 Å². The maximum absolute atomic E-state index is 5.11. The Morgan fingerprint density at radius 1 is 1.18 bits per heavy atom. The van der Waals surface area contributed by atoms with Gasteiger partial charge in [-0.15, -0.1) is 11.5 Å². The number of rotatable bonds is 3. The van der Waals surface area contributed by atoms with Crippen LogP contribution in [-0.2, 0) is 0 Å². The first-order valence-corrected chi connectivity index (χ1v) is 9.32. The molecule has 0 aliphatic carbocycles. The van der Waals surface area contributed by atoms with E-state index in [1.54, 1.807) is 7.11 Å². The summed E-state index contributed by atoms with van der Waals surface area (Å²) in [5, 5.41) is 0. The molecule has 0 aliphatic heterocycles. The lowest BCUT2D eigenvalue weighted by atomic mass is 10.2. The predicted molar refractivity (Wildman–Crippen MR) is 77.8 cm³/mol. The maximum atomic E-state index is 5.11. The fourth-order valence-corrected chi connectivity index (χ4v) is 1.92. The van der Waals surface area contributed by atoms with Crippen LogP contribution in [0.3, 0.4) is 0 Å². The summed E-state index contributed by atoms with van der Waals surface area (Å²) in [5.74, 6) is 4.11. The van der Waals surface area contributed by atoms with Crippen molar-refractivity contribution in [2.75, 3.05) is 7.11 Å². The topological polar surface area (TPSA) is 9.23 Å². The lowest BCUT2D eigenvalue weighted by Gasteiger charge is -2.02. The third kappa shape index (κ3) is 5.99. The van der Waals surface area contributed by atoms with Crippen molar-refractivity contribution in [3.05, 3.63) is 35.9 Å². The molecule has 0 N–H and O–H groups in total. The molecule has 0 fully saturated rings. The minimum Gasteiger partial charge on any atom is -0.497 e. The van der Waals surface area contributed by atoms with Crippen molar-refractivity contribution < 1.29 is 4.74 Å². The highest BCUT2D eigenvalue weighted by Gasteiger charge is 2.06. The van der Waals surface area contributed by atoms with E-state index in [0.717, 1.165) is 12.2 Å². The summed E-state index contributed by atoms with van der Waals surface area (Å²) in [5.41, 5.74) is 4.53. The average molecular weight is 244 g/mol. The van der Waals surface area contributed by atoms with Gasteiger partial charge in [0.05, 0.1) is 7.11 Å². The van der Waals surface area contributed by atoms with Crippen LogP contribution in [0.15, 0.2) is 30.3 Å². The largest absolute Gasteiger partial charge is 0.497 e. The molecule has 0 radical (unpaired) electrons. The number of hydrogen-bond donors (Lipinski definition) is 0. The second-order valence-electron chi connectivity index (χ2n) is 4.93. The molecule has 0 spiro atoms. The Morgan fingerprint density at radius 2 is 1.82 bits per heavy atom. The van der Waals surface area contributed by atoms with Crippen molar-refractivity contribution in [2.45, 2.75) is 26.1 Å². The van der Waals surface area contributed by atoms with E-state index in [0.29, 0.717) is 0 Å². The molecule has 0 aromatic heterocycles. The first kappa shape index (κ1) is 13.6. The molecular formula is C15H20OSi. The minimum atomic E-state index is -1.21. The molecule has 2 heteroatoms. The molecular weight excluding hydrogens is 224 g/mol. The monoisotopic (exact) mass is 244 g/mol. The highest BCUT2D eigenvalue weighted by Crippen LogP contribution is 2.12. The zero-order valence-corrected chi connectivity index (χ0v) is 12.1. The van der Waals surface area contributed by atoms with Crippen LogP contribution in [0.2, 0.25) is 19.6 Å². The van der Waals surface area contributed by atoms with E-state index in [9.17, 15) is 0 Å². The second-order valence-corrected chi connectivity index (χ2v) is 9.68. The van der Waals surface area contributed by atoms with Crippen molar-refractivity contribution >= 4 is 14.1 Å². The average Bonchev–Trinajstić information content (AvgIpc) is 2.28. The van der Waals surface area contributed by atoms with Gasteiger partial charge in [-0.1, -0.05) is 43.9 Å². The molecule has 1 rings (SSSR count). The van der Waals surface area contributed by atoms with Crippen molar-refractivity contribution in [1.82, 2.24) is 0 Å². The molecule has 1 aromatic carbocycles. The van der Waals surface area contributed by atoms with E-state index < -0.39 is 8.07 Å². The lowest BCUT2D eigenvalue weighted by Crippen LogP contribution is -2.16. The summed E-state index contributed by atoms with van der Waals surface area (Å²) in [7, 11) is 0.467. The van der Waals surface area contributed by atoms with Gasteiger partial charge < -0.3 is 4.74 Å². The van der Waals surface area contributed by atoms with Crippen LogP contribution in [-0.4, -0.2) is 15.2 Å². The van der Waals surface area contributed by atoms with Gasteiger partial charge in [0.25, 0.3) is 0 Å². The fourth-order valence-electron chi connectivity index (χ4n) is 1.29. The van der Waals surface area contributed by atoms with Crippen LogP contribution in [0.25, 0.3) is 6.08 Å². The van der Waals surface area contributed by atoms with E-state index in [4.69, 9.17) is 4.74 Å². The van der Waals surface area contributed by atoms with E-state index >= 15 is 0 Å². The SMILES string of the molecule is COc1ccc(/C=C/CC#C[Si](C)(C)C)cc1. The zero-order chi connectivity index (χ0) is 12.7. The van der Waals surface area contributed by atoms with Crippen LogP contribution in [0.4, 0.5) is 0 Å². The smallest absolute Gasteiger partial charge is 0.129 e. The van der Waals surface area contributed by atoms with Gasteiger partial charge in [-0.05, 0) is 17.7 Å². The quantitative estimate of drug-likeness (QED) is 0.577. The predicted octanol–water partition coefficient (Wildman–Crippen LogP) is 3.98. The van der Waals surface area contributed by atoms with Gasteiger partial charge >= 0.3 is 0 Å². The van der Waals surface area contributed by atoms with Crippen molar-refractivity contribution in [3.63, 3.8) is 0 Å². The molecule has 0 unspecified atom stereocenters. The van der Waals surface area contributed by atoms with E-state index in [-0.39, 0.29) is 0 Å². The Kier molecular flexibility index (Phi) is 5.05. The Bertz CT molecular complexity index is 427. The first-order valence-electron chi connectivity index (χ1n) is 5.82. The summed E-state index contributed by atoms with van der Waals surface area (Å²) in [6.45, 7) is 6.77. The Balaban J connectivity index is 2.50. The standard InChI is InChI=1S/C15H20OSi/c1-16-15-11-9-14(10-12-15)8-6-5-7-13-17(2,3)4/h6,8-12H,5H2,1-4H3/b8-6+. The van der Waals surface area contributed by atoms with Gasteiger partial charge in [0.2, 0.25) is 0 Å². The van der Waals surface area contributed by atoms with Crippen LogP contribution < -0.4 is 4.74 Å². The highest BCUT2D eigenvalue weighted by atomic mass is 28.3. The Hall–Kier alpha value is -1.46. The van der Waals surface area contributed by atoms with Crippen LogP contribution in [0.5, 0.6) is 5.75 Å². The second kappa shape index (κ2) is 6.32. The summed E-state index contributed by atoms with van der Waals surface area (Å²) in [6, 6.07) is 8.02. The van der Waals surface area contributed by atoms with E-state index in [1.807, 2.05) is 24.3 Å². The molecule has 90 valence electrons. The molecule has 0 aliphatic rings. The molecule has 0 amide bonds. The normalized spacial score (nSPS) is 11.1. The van der Waals surface area contributed by atoms with Crippen molar-refractivity contribution in [3.8, 4) is 17.2 Å². The van der Waals surface area contributed by atoms with Crippen LogP contribution in [0, 0.1) is 11.5 Å². The molecule has 0 bridgehead atoms.